The average molecular weight is 413 g/mol. The Hall–Kier alpha value is -2.78. The summed E-state index contributed by atoms with van der Waals surface area (Å²) in [6, 6.07) is 5.09. The van der Waals surface area contributed by atoms with E-state index in [1.807, 2.05) is 17.0 Å². The van der Waals surface area contributed by atoms with Crippen molar-refractivity contribution in [3.63, 3.8) is 0 Å². The van der Waals surface area contributed by atoms with Gasteiger partial charge in [0.1, 0.15) is 6.04 Å². The van der Waals surface area contributed by atoms with E-state index in [0.717, 1.165) is 24.2 Å². The number of fused-ring (bicyclic) bond motifs is 1. The third-order valence-corrected chi connectivity index (χ3v) is 6.16. The molecule has 9 nitrogen and oxygen atoms in total. The van der Waals surface area contributed by atoms with E-state index >= 15 is 0 Å². The second-order valence-corrected chi connectivity index (χ2v) is 8.04. The van der Waals surface area contributed by atoms with Crippen LogP contribution in [0.15, 0.2) is 18.2 Å². The van der Waals surface area contributed by atoms with E-state index in [4.69, 9.17) is 5.73 Å². The highest BCUT2D eigenvalue weighted by molar-refractivity contribution is 6.05. The highest BCUT2D eigenvalue weighted by Crippen LogP contribution is 2.30. The molecule has 1 unspecified atom stereocenters. The number of nitrogens with one attached hydrogen (secondary N) is 1. The molecule has 3 heterocycles. The van der Waals surface area contributed by atoms with Crippen LogP contribution in [0.4, 0.5) is 0 Å². The zero-order chi connectivity index (χ0) is 21.3. The minimum atomic E-state index is -0.604. The number of rotatable bonds is 5. The van der Waals surface area contributed by atoms with Gasteiger partial charge in [-0.25, -0.2) is 0 Å². The van der Waals surface area contributed by atoms with Crippen molar-refractivity contribution in [2.45, 2.75) is 38.4 Å². The zero-order valence-corrected chi connectivity index (χ0v) is 16.9. The van der Waals surface area contributed by atoms with Gasteiger partial charge in [0.05, 0.1) is 0 Å². The SMILES string of the molecule is NCCC(=O)N1CCN(Cc2cccc3c2CN(C2CCC(=O)NC2=O)C3=O)CC1. The Morgan fingerprint density at radius 2 is 1.90 bits per heavy atom. The van der Waals surface area contributed by atoms with E-state index in [1.54, 1.807) is 11.0 Å². The lowest BCUT2D eigenvalue weighted by atomic mass is 10.0. The molecule has 30 heavy (non-hydrogen) atoms. The smallest absolute Gasteiger partial charge is 0.255 e. The molecular formula is C21H27N5O4. The van der Waals surface area contributed by atoms with Crippen molar-refractivity contribution in [3.05, 3.63) is 34.9 Å². The van der Waals surface area contributed by atoms with Gasteiger partial charge in [0.25, 0.3) is 5.91 Å². The molecule has 9 heteroatoms. The maximum absolute atomic E-state index is 12.9. The number of hydrogen-bond acceptors (Lipinski definition) is 6. The fraction of sp³-hybridized carbons (Fsp3) is 0.524. The first-order valence-corrected chi connectivity index (χ1v) is 10.4. The zero-order valence-electron chi connectivity index (χ0n) is 16.9. The van der Waals surface area contributed by atoms with E-state index < -0.39 is 11.9 Å². The summed E-state index contributed by atoms with van der Waals surface area (Å²) in [4.78, 5) is 54.4. The number of benzene rings is 1. The van der Waals surface area contributed by atoms with Crippen molar-refractivity contribution in [2.24, 2.45) is 5.73 Å². The molecule has 4 amide bonds. The van der Waals surface area contributed by atoms with E-state index in [9.17, 15) is 19.2 Å². The van der Waals surface area contributed by atoms with Gasteiger partial charge in [-0.15, -0.1) is 0 Å². The predicted molar refractivity (Wildman–Crippen MR) is 108 cm³/mol. The van der Waals surface area contributed by atoms with Crippen LogP contribution in [0.5, 0.6) is 0 Å². The van der Waals surface area contributed by atoms with Gasteiger partial charge in [-0.2, -0.15) is 0 Å². The molecule has 0 spiro atoms. The lowest BCUT2D eigenvalue weighted by Crippen LogP contribution is -2.52. The molecule has 2 saturated heterocycles. The molecule has 0 saturated carbocycles. The number of nitrogens with two attached hydrogens (primary N) is 1. The van der Waals surface area contributed by atoms with Crippen LogP contribution in [0.25, 0.3) is 0 Å². The number of amides is 4. The van der Waals surface area contributed by atoms with Gasteiger partial charge in [-0.05, 0) is 23.6 Å². The number of imide groups is 1. The molecule has 0 aliphatic carbocycles. The molecule has 0 radical (unpaired) electrons. The van der Waals surface area contributed by atoms with Crippen molar-refractivity contribution in [1.29, 1.82) is 0 Å². The molecule has 1 aromatic rings. The van der Waals surface area contributed by atoms with Gasteiger partial charge >= 0.3 is 0 Å². The summed E-state index contributed by atoms with van der Waals surface area (Å²) in [7, 11) is 0. The van der Waals surface area contributed by atoms with Crippen molar-refractivity contribution in [1.82, 2.24) is 20.0 Å². The highest BCUT2D eigenvalue weighted by atomic mass is 16.2. The number of hydrogen-bond donors (Lipinski definition) is 2. The highest BCUT2D eigenvalue weighted by Gasteiger charge is 2.39. The second kappa shape index (κ2) is 8.53. The largest absolute Gasteiger partial charge is 0.340 e. The van der Waals surface area contributed by atoms with Gasteiger partial charge in [0.15, 0.2) is 0 Å². The molecule has 0 bridgehead atoms. The van der Waals surface area contributed by atoms with Gasteiger partial charge in [-0.1, -0.05) is 12.1 Å². The van der Waals surface area contributed by atoms with Crippen molar-refractivity contribution >= 4 is 23.6 Å². The molecule has 2 fully saturated rings. The topological polar surface area (TPSA) is 116 Å². The van der Waals surface area contributed by atoms with Crippen LogP contribution in [0.3, 0.4) is 0 Å². The lowest BCUT2D eigenvalue weighted by molar-refractivity contribution is -0.137. The fourth-order valence-electron chi connectivity index (χ4n) is 4.48. The van der Waals surface area contributed by atoms with Crippen LogP contribution in [0, 0.1) is 0 Å². The summed E-state index contributed by atoms with van der Waals surface area (Å²) in [6.45, 7) is 4.33. The molecular weight excluding hydrogens is 386 g/mol. The molecule has 0 aromatic heterocycles. The summed E-state index contributed by atoms with van der Waals surface area (Å²) in [5, 5.41) is 2.34. The Morgan fingerprint density at radius 1 is 1.13 bits per heavy atom. The van der Waals surface area contributed by atoms with E-state index in [0.29, 0.717) is 51.1 Å². The van der Waals surface area contributed by atoms with E-state index in [-0.39, 0.29) is 24.1 Å². The van der Waals surface area contributed by atoms with Crippen molar-refractivity contribution in [3.8, 4) is 0 Å². The van der Waals surface area contributed by atoms with Gasteiger partial charge in [0, 0.05) is 64.2 Å². The van der Waals surface area contributed by atoms with Crippen molar-refractivity contribution in [2.75, 3.05) is 32.7 Å². The van der Waals surface area contributed by atoms with Gasteiger partial charge < -0.3 is 15.5 Å². The maximum Gasteiger partial charge on any atom is 0.255 e. The standard InChI is InChI=1S/C21H27N5O4/c22-7-6-19(28)25-10-8-24(9-11-25)12-14-2-1-3-15-16(14)13-26(21(15)30)17-4-5-18(27)23-20(17)29/h1-3,17H,4-13,22H2,(H,23,27,29). The Morgan fingerprint density at radius 3 is 2.60 bits per heavy atom. The summed E-state index contributed by atoms with van der Waals surface area (Å²) < 4.78 is 0. The Kier molecular flexibility index (Phi) is 5.83. The summed E-state index contributed by atoms with van der Waals surface area (Å²) in [5.41, 5.74) is 8.13. The number of carbonyl (C=O) groups is 4. The number of piperazine rings is 1. The maximum atomic E-state index is 12.9. The van der Waals surface area contributed by atoms with Crippen LogP contribution in [0.1, 0.15) is 40.7 Å². The summed E-state index contributed by atoms with van der Waals surface area (Å²) >= 11 is 0. The summed E-state index contributed by atoms with van der Waals surface area (Å²) in [5.74, 6) is -0.737. The molecule has 1 atom stereocenters. The second-order valence-electron chi connectivity index (χ2n) is 8.04. The first kappa shape index (κ1) is 20.5. The fourth-order valence-corrected chi connectivity index (χ4v) is 4.48. The molecule has 4 rings (SSSR count). The minimum absolute atomic E-state index is 0.100. The van der Waals surface area contributed by atoms with E-state index in [1.165, 1.54) is 0 Å². The first-order valence-electron chi connectivity index (χ1n) is 10.4. The molecule has 3 aliphatic heterocycles. The number of nitrogens with zero attached hydrogens (tertiary/aromatic N) is 3. The Bertz CT molecular complexity index is 878. The number of piperidine rings is 1. The molecule has 1 aromatic carbocycles. The van der Waals surface area contributed by atoms with Gasteiger partial charge in [-0.3, -0.25) is 29.4 Å². The quantitative estimate of drug-likeness (QED) is 0.625. The monoisotopic (exact) mass is 413 g/mol. The Labute approximate surface area is 175 Å². The predicted octanol–water partition coefficient (Wildman–Crippen LogP) is -0.559. The van der Waals surface area contributed by atoms with Gasteiger partial charge in [0.2, 0.25) is 17.7 Å². The Balaban J connectivity index is 1.43. The van der Waals surface area contributed by atoms with Crippen LogP contribution in [-0.4, -0.2) is 77.1 Å². The van der Waals surface area contributed by atoms with E-state index in [2.05, 4.69) is 10.2 Å². The third kappa shape index (κ3) is 3.95. The van der Waals surface area contributed by atoms with Crippen molar-refractivity contribution < 1.29 is 19.2 Å². The third-order valence-electron chi connectivity index (χ3n) is 6.16. The van der Waals surface area contributed by atoms with Crippen LogP contribution < -0.4 is 11.1 Å². The lowest BCUT2D eigenvalue weighted by Gasteiger charge is -2.35. The molecule has 3 aliphatic rings. The minimum Gasteiger partial charge on any atom is -0.340 e. The molecule has 3 N–H and O–H groups in total. The molecule has 160 valence electrons. The normalized spacial score (nSPS) is 22.3. The number of carbonyl (C=O) groups excluding carboxylic acids is 4. The summed E-state index contributed by atoms with van der Waals surface area (Å²) in [6.07, 6.45) is 0.986. The van der Waals surface area contributed by atoms with Crippen LogP contribution >= 0.6 is 0 Å². The van der Waals surface area contributed by atoms with Crippen LogP contribution in [0.2, 0.25) is 0 Å². The average Bonchev–Trinajstić information content (AvgIpc) is 3.06. The first-order chi connectivity index (χ1) is 14.5. The van der Waals surface area contributed by atoms with Crippen LogP contribution in [-0.2, 0) is 27.5 Å².